The Morgan fingerprint density at radius 2 is 1.89 bits per heavy atom. The van der Waals surface area contributed by atoms with Gasteiger partial charge < -0.3 is 9.80 Å². The Kier molecular flexibility index (Phi) is 5.79. The first-order valence-electron chi connectivity index (χ1n) is 9.55. The van der Waals surface area contributed by atoms with Crippen molar-refractivity contribution in [1.29, 1.82) is 0 Å². The maximum atomic E-state index is 14.1. The number of unbranched alkanes of at least 4 members (excludes halogenated alkanes) is 1. The third kappa shape index (κ3) is 4.29. The highest BCUT2D eigenvalue weighted by Crippen LogP contribution is 2.36. The topological polar surface area (TPSA) is 43.9 Å². The Labute approximate surface area is 158 Å². The molecule has 2 amide bonds. The largest absolute Gasteiger partial charge is 0.344 e. The lowest BCUT2D eigenvalue weighted by atomic mass is 10.0. The van der Waals surface area contributed by atoms with Gasteiger partial charge in [0.25, 0.3) is 11.8 Å². The van der Waals surface area contributed by atoms with Gasteiger partial charge in [-0.3, -0.25) is 14.5 Å². The van der Waals surface area contributed by atoms with Gasteiger partial charge in [0.05, 0.1) is 12.6 Å². The van der Waals surface area contributed by atoms with Gasteiger partial charge in [-0.15, -0.1) is 0 Å². The van der Waals surface area contributed by atoms with Crippen molar-refractivity contribution in [2.24, 2.45) is 0 Å². The molecule has 148 valence electrons. The number of benzene rings is 1. The first-order valence-corrected chi connectivity index (χ1v) is 9.55. The van der Waals surface area contributed by atoms with Crippen LogP contribution in [-0.2, 0) is 4.79 Å². The van der Waals surface area contributed by atoms with Crippen LogP contribution >= 0.6 is 0 Å². The number of likely N-dealkylation sites (N-methyl/N-ethyl adjacent to an activating group) is 1. The van der Waals surface area contributed by atoms with E-state index in [1.165, 1.54) is 0 Å². The number of likely N-dealkylation sites (tertiary alicyclic amines) is 2. The second kappa shape index (κ2) is 7.92. The molecule has 0 aromatic heterocycles. The number of halogens is 2. The van der Waals surface area contributed by atoms with Crippen molar-refractivity contribution in [3.05, 3.63) is 35.9 Å². The molecule has 2 saturated heterocycles. The van der Waals surface area contributed by atoms with Crippen molar-refractivity contribution in [3.63, 3.8) is 0 Å². The lowest BCUT2D eigenvalue weighted by molar-refractivity contribution is -0.136. The highest BCUT2D eigenvalue weighted by atomic mass is 19.3. The number of hydrogen-bond donors (Lipinski definition) is 0. The van der Waals surface area contributed by atoms with Crippen LogP contribution in [0, 0.1) is 0 Å². The van der Waals surface area contributed by atoms with E-state index in [-0.39, 0.29) is 17.9 Å². The van der Waals surface area contributed by atoms with Crippen molar-refractivity contribution in [3.8, 4) is 0 Å². The summed E-state index contributed by atoms with van der Waals surface area (Å²) in [5.41, 5.74) is 0.592. The average molecular weight is 379 g/mol. The van der Waals surface area contributed by atoms with Gasteiger partial charge in [-0.2, -0.15) is 0 Å². The minimum atomic E-state index is -2.87. The Bertz CT molecular complexity index is 677. The van der Waals surface area contributed by atoms with Gasteiger partial charge in [0.15, 0.2) is 0 Å². The standard InChI is InChI=1S/C20H27F2N3O2/c1-3-4-10-23(2)19(27)17-11-20(21,22)14-25(17)16-12-24(13-16)18(26)15-8-6-5-7-9-15/h5-9,16-17H,3-4,10-14H2,1-2H3/t17-/m0/s1. The van der Waals surface area contributed by atoms with Crippen LogP contribution in [0.2, 0.25) is 0 Å². The minimum absolute atomic E-state index is 0.0965. The smallest absolute Gasteiger partial charge is 0.262 e. The van der Waals surface area contributed by atoms with Crippen molar-refractivity contribution >= 4 is 11.8 Å². The molecule has 7 heteroatoms. The van der Waals surface area contributed by atoms with Gasteiger partial charge in [-0.25, -0.2) is 8.78 Å². The molecule has 0 unspecified atom stereocenters. The molecule has 5 nitrogen and oxygen atoms in total. The summed E-state index contributed by atoms with van der Waals surface area (Å²) in [4.78, 5) is 30.0. The van der Waals surface area contributed by atoms with Crippen LogP contribution in [0.25, 0.3) is 0 Å². The van der Waals surface area contributed by atoms with Crippen molar-refractivity contribution in [1.82, 2.24) is 14.7 Å². The van der Waals surface area contributed by atoms with E-state index >= 15 is 0 Å². The highest BCUT2D eigenvalue weighted by Gasteiger charge is 2.53. The second-order valence-corrected chi connectivity index (χ2v) is 7.59. The molecular formula is C20H27F2N3O2. The molecule has 2 aliphatic rings. The Balaban J connectivity index is 1.63. The molecule has 2 fully saturated rings. The van der Waals surface area contributed by atoms with Gasteiger partial charge in [-0.1, -0.05) is 31.5 Å². The van der Waals surface area contributed by atoms with Crippen LogP contribution < -0.4 is 0 Å². The van der Waals surface area contributed by atoms with E-state index in [1.807, 2.05) is 13.0 Å². The fourth-order valence-electron chi connectivity index (χ4n) is 3.81. The summed E-state index contributed by atoms with van der Waals surface area (Å²) in [6.45, 7) is 2.96. The minimum Gasteiger partial charge on any atom is -0.344 e. The molecule has 0 aliphatic carbocycles. The molecule has 0 radical (unpaired) electrons. The summed E-state index contributed by atoms with van der Waals surface area (Å²) in [5, 5.41) is 0. The van der Waals surface area contributed by atoms with E-state index < -0.39 is 24.9 Å². The molecule has 1 aromatic rings. The summed E-state index contributed by atoms with van der Waals surface area (Å²) < 4.78 is 28.1. The molecule has 0 spiro atoms. The maximum Gasteiger partial charge on any atom is 0.262 e. The summed E-state index contributed by atoms with van der Waals surface area (Å²) in [5.74, 6) is -3.20. The van der Waals surface area contributed by atoms with E-state index in [0.29, 0.717) is 25.2 Å². The van der Waals surface area contributed by atoms with Gasteiger partial charge in [0, 0.05) is 44.7 Å². The Hall–Kier alpha value is -2.02. The molecule has 1 atom stereocenters. The van der Waals surface area contributed by atoms with Crippen LogP contribution in [-0.4, -0.2) is 77.7 Å². The van der Waals surface area contributed by atoms with Gasteiger partial charge in [-0.05, 0) is 18.6 Å². The quantitative estimate of drug-likeness (QED) is 0.763. The average Bonchev–Trinajstić information content (AvgIpc) is 2.93. The fourth-order valence-corrected chi connectivity index (χ4v) is 3.81. The number of alkyl halides is 2. The number of carbonyl (C=O) groups is 2. The summed E-state index contributed by atoms with van der Waals surface area (Å²) >= 11 is 0. The first-order chi connectivity index (χ1) is 12.8. The lowest BCUT2D eigenvalue weighted by Crippen LogP contribution is -2.63. The summed E-state index contributed by atoms with van der Waals surface area (Å²) in [6, 6.07) is 7.93. The summed E-state index contributed by atoms with van der Waals surface area (Å²) in [6.07, 6.45) is 1.36. The Morgan fingerprint density at radius 1 is 1.22 bits per heavy atom. The molecule has 1 aromatic carbocycles. The number of carbonyl (C=O) groups excluding carboxylic acids is 2. The highest BCUT2D eigenvalue weighted by molar-refractivity contribution is 5.94. The van der Waals surface area contributed by atoms with Crippen LogP contribution in [0.1, 0.15) is 36.5 Å². The third-order valence-corrected chi connectivity index (χ3v) is 5.45. The number of nitrogens with zero attached hydrogens (tertiary/aromatic N) is 3. The summed E-state index contributed by atoms with van der Waals surface area (Å²) in [7, 11) is 1.68. The van der Waals surface area contributed by atoms with Crippen LogP contribution in [0.15, 0.2) is 30.3 Å². The third-order valence-electron chi connectivity index (χ3n) is 5.45. The molecule has 2 heterocycles. The zero-order valence-corrected chi connectivity index (χ0v) is 15.9. The van der Waals surface area contributed by atoms with Gasteiger partial charge >= 0.3 is 0 Å². The van der Waals surface area contributed by atoms with E-state index in [2.05, 4.69) is 0 Å². The van der Waals surface area contributed by atoms with Crippen molar-refractivity contribution < 1.29 is 18.4 Å². The number of rotatable bonds is 6. The molecular weight excluding hydrogens is 352 g/mol. The maximum absolute atomic E-state index is 14.1. The molecule has 2 aliphatic heterocycles. The number of amides is 2. The van der Waals surface area contributed by atoms with Crippen LogP contribution in [0.4, 0.5) is 8.78 Å². The SMILES string of the molecule is CCCCN(C)C(=O)[C@@H]1CC(F)(F)CN1C1CN(C(=O)c2ccccc2)C1. The van der Waals surface area contributed by atoms with E-state index in [9.17, 15) is 18.4 Å². The molecule has 0 N–H and O–H groups in total. The molecule has 0 saturated carbocycles. The lowest BCUT2D eigenvalue weighted by Gasteiger charge is -2.46. The zero-order chi connectivity index (χ0) is 19.6. The molecule has 3 rings (SSSR count). The van der Waals surface area contributed by atoms with E-state index in [1.54, 1.807) is 46.0 Å². The van der Waals surface area contributed by atoms with Gasteiger partial charge in [0.1, 0.15) is 0 Å². The monoisotopic (exact) mass is 379 g/mol. The second-order valence-electron chi connectivity index (χ2n) is 7.59. The van der Waals surface area contributed by atoms with E-state index in [0.717, 1.165) is 12.8 Å². The molecule has 27 heavy (non-hydrogen) atoms. The van der Waals surface area contributed by atoms with E-state index in [4.69, 9.17) is 0 Å². The van der Waals surface area contributed by atoms with Crippen molar-refractivity contribution in [2.75, 3.05) is 33.2 Å². The normalized spacial score (nSPS) is 22.5. The van der Waals surface area contributed by atoms with Gasteiger partial charge in [0.2, 0.25) is 5.91 Å². The van der Waals surface area contributed by atoms with Crippen LogP contribution in [0.5, 0.6) is 0 Å². The van der Waals surface area contributed by atoms with Crippen LogP contribution in [0.3, 0.4) is 0 Å². The molecule has 0 bridgehead atoms. The fraction of sp³-hybridized carbons (Fsp3) is 0.600. The Morgan fingerprint density at radius 3 is 2.52 bits per heavy atom. The predicted octanol–water partition coefficient (Wildman–Crippen LogP) is 2.48. The van der Waals surface area contributed by atoms with Crippen molar-refractivity contribution in [2.45, 2.75) is 44.2 Å². The zero-order valence-electron chi connectivity index (χ0n) is 15.9. The first kappa shape index (κ1) is 19.7. The number of hydrogen-bond acceptors (Lipinski definition) is 3. The predicted molar refractivity (Wildman–Crippen MR) is 98.7 cm³/mol.